The minimum atomic E-state index is -3.31. The van der Waals surface area contributed by atoms with Crippen LogP contribution in [0.15, 0.2) is 24.3 Å². The number of carbonyl (C=O) groups is 1. The van der Waals surface area contributed by atoms with Crippen molar-refractivity contribution >= 4 is 15.9 Å². The van der Waals surface area contributed by atoms with Crippen LogP contribution in [0.3, 0.4) is 0 Å². The maximum absolute atomic E-state index is 12.8. The lowest BCUT2D eigenvalue weighted by atomic mass is 10.2. The van der Waals surface area contributed by atoms with E-state index in [1.807, 2.05) is 13.8 Å². The lowest BCUT2D eigenvalue weighted by Crippen LogP contribution is -2.42. The monoisotopic (exact) mass is 316 g/mol. The minimum absolute atomic E-state index is 0.122. The Morgan fingerprint density at radius 2 is 1.90 bits per heavy atom. The van der Waals surface area contributed by atoms with Gasteiger partial charge in [-0.15, -0.1) is 0 Å². The van der Waals surface area contributed by atoms with Crippen molar-refractivity contribution in [2.24, 2.45) is 0 Å². The maximum Gasteiger partial charge on any atom is 0.251 e. The van der Waals surface area contributed by atoms with Gasteiger partial charge in [-0.05, 0) is 37.6 Å². The molecular weight excluding hydrogens is 295 g/mol. The van der Waals surface area contributed by atoms with Crippen molar-refractivity contribution in [3.63, 3.8) is 0 Å². The van der Waals surface area contributed by atoms with E-state index in [0.717, 1.165) is 6.26 Å². The van der Waals surface area contributed by atoms with Crippen LogP contribution in [0.1, 0.15) is 30.6 Å². The molecule has 0 aliphatic heterocycles. The molecule has 5 nitrogen and oxygen atoms in total. The number of benzene rings is 1. The summed E-state index contributed by atoms with van der Waals surface area (Å²) in [6.07, 6.45) is 1.85. The smallest absolute Gasteiger partial charge is 0.251 e. The molecule has 0 heterocycles. The number of hydrogen-bond acceptors (Lipinski definition) is 3. The summed E-state index contributed by atoms with van der Waals surface area (Å²) in [5.41, 5.74) is 0.339. The molecule has 1 rings (SSSR count). The zero-order valence-electron chi connectivity index (χ0n) is 12.5. The molecule has 0 radical (unpaired) electrons. The van der Waals surface area contributed by atoms with E-state index < -0.39 is 15.8 Å². The van der Waals surface area contributed by atoms with Gasteiger partial charge >= 0.3 is 0 Å². The number of hydrogen-bond donors (Lipinski definition) is 1. The first-order chi connectivity index (χ1) is 9.75. The maximum atomic E-state index is 12.8. The summed E-state index contributed by atoms with van der Waals surface area (Å²) in [6, 6.07) is 5.05. The van der Waals surface area contributed by atoms with Crippen LogP contribution < -0.4 is 5.32 Å². The Balaban J connectivity index is 2.58. The summed E-state index contributed by atoms with van der Waals surface area (Å²) >= 11 is 0. The molecule has 0 aromatic heterocycles. The van der Waals surface area contributed by atoms with Crippen molar-refractivity contribution in [3.05, 3.63) is 35.6 Å². The molecule has 0 saturated carbocycles. The molecule has 1 aromatic rings. The molecule has 1 N–H and O–H groups in total. The van der Waals surface area contributed by atoms with E-state index in [2.05, 4.69) is 5.32 Å². The van der Waals surface area contributed by atoms with E-state index >= 15 is 0 Å². The van der Waals surface area contributed by atoms with Gasteiger partial charge in [-0.1, -0.05) is 6.92 Å². The Kier molecular flexibility index (Phi) is 6.29. The van der Waals surface area contributed by atoms with E-state index in [1.54, 1.807) is 0 Å². The molecule has 0 aliphatic carbocycles. The Morgan fingerprint density at radius 3 is 2.38 bits per heavy atom. The van der Waals surface area contributed by atoms with Gasteiger partial charge in [0.2, 0.25) is 10.0 Å². The van der Waals surface area contributed by atoms with Gasteiger partial charge in [0, 0.05) is 24.7 Å². The van der Waals surface area contributed by atoms with Crippen LogP contribution >= 0.6 is 0 Å². The van der Waals surface area contributed by atoms with E-state index in [0.29, 0.717) is 12.0 Å². The van der Waals surface area contributed by atoms with Gasteiger partial charge in [0.25, 0.3) is 5.91 Å². The van der Waals surface area contributed by atoms with Crippen LogP contribution in [0, 0.1) is 5.82 Å². The summed E-state index contributed by atoms with van der Waals surface area (Å²) in [5, 5.41) is 2.63. The van der Waals surface area contributed by atoms with E-state index in [1.165, 1.54) is 28.6 Å². The third-order valence-electron chi connectivity index (χ3n) is 3.23. The van der Waals surface area contributed by atoms with Gasteiger partial charge in [0.05, 0.1) is 6.26 Å². The van der Waals surface area contributed by atoms with E-state index in [9.17, 15) is 17.6 Å². The van der Waals surface area contributed by atoms with Crippen LogP contribution in [-0.2, 0) is 10.0 Å². The summed E-state index contributed by atoms with van der Waals surface area (Å²) in [4.78, 5) is 11.8. The lowest BCUT2D eigenvalue weighted by molar-refractivity contribution is 0.0950. The van der Waals surface area contributed by atoms with Crippen molar-refractivity contribution in [1.29, 1.82) is 0 Å². The highest BCUT2D eigenvalue weighted by Crippen LogP contribution is 2.08. The number of carbonyl (C=O) groups excluding carboxylic acids is 1. The van der Waals surface area contributed by atoms with E-state index in [4.69, 9.17) is 0 Å². The highest BCUT2D eigenvalue weighted by Gasteiger charge is 2.21. The highest BCUT2D eigenvalue weighted by molar-refractivity contribution is 7.88. The van der Waals surface area contributed by atoms with Crippen molar-refractivity contribution < 1.29 is 17.6 Å². The molecule has 1 unspecified atom stereocenters. The molecule has 1 amide bonds. The molecule has 7 heteroatoms. The quantitative estimate of drug-likeness (QED) is 0.831. The average molecular weight is 316 g/mol. The highest BCUT2D eigenvalue weighted by atomic mass is 32.2. The third kappa shape index (κ3) is 5.43. The van der Waals surface area contributed by atoms with Gasteiger partial charge in [-0.2, -0.15) is 4.31 Å². The fourth-order valence-corrected chi connectivity index (χ4v) is 3.13. The van der Waals surface area contributed by atoms with Crippen LogP contribution in [0.25, 0.3) is 0 Å². The first kappa shape index (κ1) is 17.6. The number of rotatable bonds is 7. The first-order valence-corrected chi connectivity index (χ1v) is 8.61. The number of nitrogens with zero attached hydrogens (tertiary/aromatic N) is 1. The standard InChI is InChI=1S/C14H21FN2O3S/c1-4-11(2)17(21(3,19)20)10-9-16-14(18)12-5-7-13(15)8-6-12/h5-8,11H,4,9-10H2,1-3H3,(H,16,18). The molecule has 0 saturated heterocycles. The molecular formula is C14H21FN2O3S. The number of nitrogens with one attached hydrogen (secondary N) is 1. The fourth-order valence-electron chi connectivity index (χ4n) is 1.90. The van der Waals surface area contributed by atoms with Gasteiger partial charge in [0.15, 0.2) is 0 Å². The molecule has 118 valence electrons. The second-order valence-electron chi connectivity index (χ2n) is 4.89. The molecule has 0 spiro atoms. The number of amides is 1. The van der Waals surface area contributed by atoms with E-state index in [-0.39, 0.29) is 25.0 Å². The predicted octanol–water partition coefficient (Wildman–Crippen LogP) is 1.62. The van der Waals surface area contributed by atoms with Crippen molar-refractivity contribution in [1.82, 2.24) is 9.62 Å². The SMILES string of the molecule is CCC(C)N(CCNC(=O)c1ccc(F)cc1)S(C)(=O)=O. The van der Waals surface area contributed by atoms with Crippen LogP contribution in [0.5, 0.6) is 0 Å². The summed E-state index contributed by atoms with van der Waals surface area (Å²) < 4.78 is 37.5. The third-order valence-corrected chi connectivity index (χ3v) is 4.63. The number of halogens is 1. The molecule has 0 bridgehead atoms. The zero-order valence-corrected chi connectivity index (χ0v) is 13.3. The summed E-state index contributed by atoms with van der Waals surface area (Å²) in [6.45, 7) is 4.14. The van der Waals surface area contributed by atoms with Gasteiger partial charge in [-0.25, -0.2) is 12.8 Å². The minimum Gasteiger partial charge on any atom is -0.351 e. The number of sulfonamides is 1. The Bertz CT molecular complexity index is 572. The zero-order chi connectivity index (χ0) is 16.0. The second kappa shape index (κ2) is 7.51. The van der Waals surface area contributed by atoms with Crippen LogP contribution in [0.2, 0.25) is 0 Å². The second-order valence-corrected chi connectivity index (χ2v) is 6.83. The Labute approximate surface area is 125 Å². The summed E-state index contributed by atoms with van der Waals surface area (Å²) in [5.74, 6) is -0.765. The topological polar surface area (TPSA) is 66.5 Å². The fraction of sp³-hybridized carbons (Fsp3) is 0.500. The normalized spacial score (nSPS) is 13.2. The van der Waals surface area contributed by atoms with Crippen molar-refractivity contribution in [3.8, 4) is 0 Å². The predicted molar refractivity (Wildman–Crippen MR) is 80.0 cm³/mol. The van der Waals surface area contributed by atoms with Gasteiger partial charge < -0.3 is 5.32 Å². The van der Waals surface area contributed by atoms with Gasteiger partial charge in [-0.3, -0.25) is 4.79 Å². The average Bonchev–Trinajstić information content (AvgIpc) is 2.42. The molecule has 0 fully saturated rings. The Morgan fingerprint density at radius 1 is 1.33 bits per heavy atom. The van der Waals surface area contributed by atoms with Crippen LogP contribution in [-0.4, -0.2) is 44.0 Å². The molecule has 0 aliphatic rings. The van der Waals surface area contributed by atoms with Crippen molar-refractivity contribution in [2.75, 3.05) is 19.3 Å². The van der Waals surface area contributed by atoms with Crippen molar-refractivity contribution in [2.45, 2.75) is 26.3 Å². The van der Waals surface area contributed by atoms with Crippen LogP contribution in [0.4, 0.5) is 4.39 Å². The molecule has 21 heavy (non-hydrogen) atoms. The summed E-state index contributed by atoms with van der Waals surface area (Å²) in [7, 11) is -3.31. The Hall–Kier alpha value is -1.47. The molecule has 1 aromatic carbocycles. The van der Waals surface area contributed by atoms with Gasteiger partial charge in [0.1, 0.15) is 5.82 Å². The first-order valence-electron chi connectivity index (χ1n) is 6.76. The molecule has 1 atom stereocenters. The lowest BCUT2D eigenvalue weighted by Gasteiger charge is -2.25. The largest absolute Gasteiger partial charge is 0.351 e.